The van der Waals surface area contributed by atoms with E-state index in [0.29, 0.717) is 0 Å². The first-order valence-corrected chi connectivity index (χ1v) is 4.96. The first-order chi connectivity index (χ1) is 7.16. The van der Waals surface area contributed by atoms with Crippen molar-refractivity contribution in [1.29, 1.82) is 0 Å². The molecule has 0 N–H and O–H groups in total. The molecule has 1 rings (SSSR count). The second kappa shape index (κ2) is 7.23. The Morgan fingerprint density at radius 3 is 2.33 bits per heavy atom. The van der Waals surface area contributed by atoms with Crippen LogP contribution in [0.15, 0.2) is 24.3 Å². The monoisotopic (exact) mass is 234 g/mol. The maximum Gasteiger partial charge on any atom is 0.338 e. The Hall–Kier alpha value is -1.10. The largest absolute Gasteiger partial charge is 0.465 e. The number of hydrogen-bond donors (Lipinski definition) is 1. The standard InChI is InChI=1S/C9H8F2O2.CH4S/c1-13-9(12)7-5-3-2-4-6(7)8(10)11;1-2/h2-5,8H,1H3;2H,1H3. The first kappa shape index (κ1) is 13.9. The van der Waals surface area contributed by atoms with Gasteiger partial charge in [-0.25, -0.2) is 13.6 Å². The van der Waals surface area contributed by atoms with Gasteiger partial charge in [0, 0.05) is 5.56 Å². The van der Waals surface area contributed by atoms with Crippen LogP contribution in [0.4, 0.5) is 8.78 Å². The number of esters is 1. The number of thiol groups is 1. The molecular formula is C10H12F2O2S. The van der Waals surface area contributed by atoms with Gasteiger partial charge in [0.2, 0.25) is 0 Å². The van der Waals surface area contributed by atoms with Crippen LogP contribution in [-0.2, 0) is 4.74 Å². The van der Waals surface area contributed by atoms with E-state index >= 15 is 0 Å². The number of carbonyl (C=O) groups is 1. The van der Waals surface area contributed by atoms with Crippen molar-refractivity contribution >= 4 is 18.6 Å². The second-order valence-electron chi connectivity index (χ2n) is 2.38. The second-order valence-corrected chi connectivity index (χ2v) is 2.38. The van der Waals surface area contributed by atoms with E-state index in [1.807, 2.05) is 0 Å². The molecule has 0 aromatic heterocycles. The molecular weight excluding hydrogens is 222 g/mol. The Balaban J connectivity index is 0.000000921. The van der Waals surface area contributed by atoms with E-state index in [2.05, 4.69) is 17.4 Å². The molecule has 0 heterocycles. The van der Waals surface area contributed by atoms with Crippen LogP contribution in [0.5, 0.6) is 0 Å². The average Bonchev–Trinajstić information content (AvgIpc) is 2.30. The molecule has 0 aliphatic carbocycles. The van der Waals surface area contributed by atoms with Crippen LogP contribution in [0.25, 0.3) is 0 Å². The smallest absolute Gasteiger partial charge is 0.338 e. The molecule has 0 saturated carbocycles. The highest BCUT2D eigenvalue weighted by Gasteiger charge is 2.17. The van der Waals surface area contributed by atoms with Crippen LogP contribution >= 0.6 is 12.6 Å². The zero-order chi connectivity index (χ0) is 11.8. The van der Waals surface area contributed by atoms with Crippen LogP contribution in [0.2, 0.25) is 0 Å². The molecule has 0 aliphatic heterocycles. The van der Waals surface area contributed by atoms with Crippen molar-refractivity contribution in [2.75, 3.05) is 13.4 Å². The first-order valence-electron chi connectivity index (χ1n) is 4.07. The number of alkyl halides is 2. The number of halogens is 2. The molecule has 0 bridgehead atoms. The summed E-state index contributed by atoms with van der Waals surface area (Å²) in [6.07, 6.45) is -0.963. The van der Waals surface area contributed by atoms with Crippen LogP contribution in [0, 0.1) is 0 Å². The maximum atomic E-state index is 12.3. The predicted octanol–water partition coefficient (Wildman–Crippen LogP) is 2.96. The summed E-state index contributed by atoms with van der Waals surface area (Å²) in [6, 6.07) is 5.48. The van der Waals surface area contributed by atoms with Crippen LogP contribution in [0.3, 0.4) is 0 Å². The highest BCUT2D eigenvalue weighted by Crippen LogP contribution is 2.22. The molecule has 0 fully saturated rings. The summed E-state index contributed by atoms with van der Waals surface area (Å²) >= 11 is 3.53. The topological polar surface area (TPSA) is 26.3 Å². The van der Waals surface area contributed by atoms with E-state index in [4.69, 9.17) is 0 Å². The van der Waals surface area contributed by atoms with E-state index in [-0.39, 0.29) is 11.1 Å². The minimum atomic E-state index is -2.66. The van der Waals surface area contributed by atoms with E-state index in [1.54, 1.807) is 6.26 Å². The van der Waals surface area contributed by atoms with Crippen LogP contribution in [-0.4, -0.2) is 19.3 Å². The van der Waals surface area contributed by atoms with Crippen molar-refractivity contribution in [3.8, 4) is 0 Å². The Kier molecular flexibility index (Phi) is 6.70. The lowest BCUT2D eigenvalue weighted by molar-refractivity contribution is 0.0589. The molecule has 0 aliphatic rings. The van der Waals surface area contributed by atoms with Crippen LogP contribution in [0.1, 0.15) is 22.3 Å². The van der Waals surface area contributed by atoms with Gasteiger partial charge >= 0.3 is 5.97 Å². The third-order valence-corrected chi connectivity index (χ3v) is 1.60. The summed E-state index contributed by atoms with van der Waals surface area (Å²) in [5.74, 6) is -0.740. The fourth-order valence-corrected chi connectivity index (χ4v) is 0.983. The lowest BCUT2D eigenvalue weighted by Gasteiger charge is -2.05. The highest BCUT2D eigenvalue weighted by atomic mass is 32.1. The number of rotatable bonds is 2. The lowest BCUT2D eigenvalue weighted by Crippen LogP contribution is -2.05. The van der Waals surface area contributed by atoms with Gasteiger partial charge in [-0.15, -0.1) is 0 Å². The molecule has 0 unspecified atom stereocenters. The van der Waals surface area contributed by atoms with E-state index in [1.165, 1.54) is 24.3 Å². The zero-order valence-electron chi connectivity index (χ0n) is 8.41. The van der Waals surface area contributed by atoms with Gasteiger partial charge in [0.1, 0.15) is 0 Å². The van der Waals surface area contributed by atoms with Crippen molar-refractivity contribution in [1.82, 2.24) is 0 Å². The van der Waals surface area contributed by atoms with Gasteiger partial charge in [-0.2, -0.15) is 12.6 Å². The Labute approximate surface area is 92.7 Å². The van der Waals surface area contributed by atoms with Gasteiger partial charge < -0.3 is 4.74 Å². The van der Waals surface area contributed by atoms with Gasteiger partial charge in [-0.05, 0) is 12.3 Å². The number of carbonyl (C=O) groups excluding carboxylic acids is 1. The Bertz CT molecular complexity index is 316. The third-order valence-electron chi connectivity index (χ3n) is 1.60. The van der Waals surface area contributed by atoms with E-state index in [0.717, 1.165) is 7.11 Å². The summed E-state index contributed by atoms with van der Waals surface area (Å²) in [5, 5.41) is 0. The molecule has 0 spiro atoms. The zero-order valence-corrected chi connectivity index (χ0v) is 9.30. The van der Waals surface area contributed by atoms with Crippen molar-refractivity contribution in [2.24, 2.45) is 0 Å². The van der Waals surface area contributed by atoms with Crippen molar-refractivity contribution in [3.63, 3.8) is 0 Å². The summed E-state index contributed by atoms with van der Waals surface area (Å²) in [6.45, 7) is 0. The fraction of sp³-hybridized carbons (Fsp3) is 0.300. The Morgan fingerprint density at radius 1 is 1.33 bits per heavy atom. The van der Waals surface area contributed by atoms with Crippen molar-refractivity contribution in [2.45, 2.75) is 6.43 Å². The van der Waals surface area contributed by atoms with Gasteiger partial charge in [0.05, 0.1) is 12.7 Å². The van der Waals surface area contributed by atoms with E-state index in [9.17, 15) is 13.6 Å². The van der Waals surface area contributed by atoms with Gasteiger partial charge in [0.25, 0.3) is 6.43 Å². The SMILES string of the molecule is COC(=O)c1ccccc1C(F)F.CS. The maximum absolute atomic E-state index is 12.3. The molecule has 84 valence electrons. The Morgan fingerprint density at radius 2 is 1.87 bits per heavy atom. The number of hydrogen-bond acceptors (Lipinski definition) is 3. The van der Waals surface area contributed by atoms with Gasteiger partial charge in [-0.1, -0.05) is 18.2 Å². The third kappa shape index (κ3) is 3.87. The normalized spacial score (nSPS) is 9.20. The summed E-state index contributed by atoms with van der Waals surface area (Å²) < 4.78 is 29.0. The van der Waals surface area contributed by atoms with Crippen LogP contribution < -0.4 is 0 Å². The van der Waals surface area contributed by atoms with Crippen molar-refractivity contribution < 1.29 is 18.3 Å². The minimum Gasteiger partial charge on any atom is -0.465 e. The van der Waals surface area contributed by atoms with Crippen molar-refractivity contribution in [3.05, 3.63) is 35.4 Å². The van der Waals surface area contributed by atoms with Gasteiger partial charge in [0.15, 0.2) is 0 Å². The number of ether oxygens (including phenoxy) is 1. The molecule has 1 aromatic rings. The molecule has 2 nitrogen and oxygen atoms in total. The lowest BCUT2D eigenvalue weighted by atomic mass is 10.1. The van der Waals surface area contributed by atoms with E-state index < -0.39 is 12.4 Å². The fourth-order valence-electron chi connectivity index (χ4n) is 0.983. The molecule has 1 aromatic carbocycles. The molecule has 15 heavy (non-hydrogen) atoms. The number of benzene rings is 1. The quantitative estimate of drug-likeness (QED) is 0.629. The molecule has 0 radical (unpaired) electrons. The van der Waals surface area contributed by atoms with Gasteiger partial charge in [-0.3, -0.25) is 0 Å². The predicted molar refractivity (Wildman–Crippen MR) is 57.6 cm³/mol. The minimum absolute atomic E-state index is 0.0833. The average molecular weight is 234 g/mol. The summed E-state index contributed by atoms with van der Waals surface area (Å²) in [4.78, 5) is 11.0. The highest BCUT2D eigenvalue weighted by molar-refractivity contribution is 7.79. The summed E-state index contributed by atoms with van der Waals surface area (Å²) in [7, 11) is 1.16. The molecule has 0 saturated heterocycles. The molecule has 0 amide bonds. The summed E-state index contributed by atoms with van der Waals surface area (Å²) in [5.41, 5.74) is -0.380. The number of methoxy groups -OCH3 is 1. The molecule has 5 heteroatoms. The molecule has 0 atom stereocenters.